The molecule has 0 aliphatic rings. The molecule has 0 saturated carbocycles. The zero-order chi connectivity index (χ0) is 7.56. The Balaban J connectivity index is 2.65. The number of hydrogen-bond acceptors (Lipinski definition) is 4. The molecule has 5 nitrogen and oxygen atoms in total. The van der Waals surface area contributed by atoms with Crippen molar-refractivity contribution in [2.75, 3.05) is 5.73 Å². The van der Waals surface area contributed by atoms with Crippen LogP contribution in [0.5, 0.6) is 0 Å². The molecule has 0 bridgehead atoms. The standard InChI is InChI=1S/C5H10N4O/c1-4(10)2-9-5(6)7-3-8-9/h3-4,10H,2H2,1H3,(H2,6,7,8). The van der Waals surface area contributed by atoms with Crippen molar-refractivity contribution in [1.82, 2.24) is 14.8 Å². The van der Waals surface area contributed by atoms with Crippen LogP contribution in [0.4, 0.5) is 5.95 Å². The Labute approximate surface area is 58.5 Å². The van der Waals surface area contributed by atoms with Gasteiger partial charge in [0, 0.05) is 0 Å². The summed E-state index contributed by atoms with van der Waals surface area (Å²) < 4.78 is 1.45. The van der Waals surface area contributed by atoms with Crippen molar-refractivity contribution in [2.24, 2.45) is 0 Å². The molecule has 1 aromatic rings. The van der Waals surface area contributed by atoms with E-state index in [1.165, 1.54) is 11.0 Å². The Bertz CT molecular complexity index is 207. The lowest BCUT2D eigenvalue weighted by Crippen LogP contribution is -2.14. The minimum Gasteiger partial charge on any atom is -0.391 e. The number of anilines is 1. The van der Waals surface area contributed by atoms with Gasteiger partial charge in [0.1, 0.15) is 6.33 Å². The molecule has 1 aromatic heterocycles. The van der Waals surface area contributed by atoms with E-state index in [9.17, 15) is 0 Å². The van der Waals surface area contributed by atoms with E-state index >= 15 is 0 Å². The second-order valence-corrected chi connectivity index (χ2v) is 2.15. The fraction of sp³-hybridized carbons (Fsp3) is 0.600. The van der Waals surface area contributed by atoms with E-state index in [1.807, 2.05) is 0 Å². The molecule has 0 fully saturated rings. The number of nitrogens with two attached hydrogens (primary N) is 1. The van der Waals surface area contributed by atoms with Gasteiger partial charge in [-0.1, -0.05) is 0 Å². The van der Waals surface area contributed by atoms with E-state index in [0.717, 1.165) is 0 Å². The number of hydrogen-bond donors (Lipinski definition) is 2. The van der Waals surface area contributed by atoms with Gasteiger partial charge in [-0.15, -0.1) is 0 Å². The van der Waals surface area contributed by atoms with Crippen molar-refractivity contribution in [3.63, 3.8) is 0 Å². The van der Waals surface area contributed by atoms with Crippen molar-refractivity contribution in [2.45, 2.75) is 19.6 Å². The monoisotopic (exact) mass is 142 g/mol. The average molecular weight is 142 g/mol. The highest BCUT2D eigenvalue weighted by atomic mass is 16.3. The van der Waals surface area contributed by atoms with Gasteiger partial charge < -0.3 is 10.8 Å². The van der Waals surface area contributed by atoms with E-state index in [-0.39, 0.29) is 0 Å². The molecule has 1 unspecified atom stereocenters. The quantitative estimate of drug-likeness (QED) is 0.569. The van der Waals surface area contributed by atoms with Gasteiger partial charge in [0.25, 0.3) is 0 Å². The Morgan fingerprint density at radius 3 is 3.00 bits per heavy atom. The van der Waals surface area contributed by atoms with Crippen LogP contribution in [0.3, 0.4) is 0 Å². The summed E-state index contributed by atoms with van der Waals surface area (Å²) in [6.07, 6.45) is 0.918. The first kappa shape index (κ1) is 7.01. The predicted molar refractivity (Wildman–Crippen MR) is 36.1 cm³/mol. The van der Waals surface area contributed by atoms with Crippen LogP contribution in [0, 0.1) is 0 Å². The van der Waals surface area contributed by atoms with Crippen LogP contribution in [0.2, 0.25) is 0 Å². The van der Waals surface area contributed by atoms with Crippen molar-refractivity contribution >= 4 is 5.95 Å². The summed E-state index contributed by atoms with van der Waals surface area (Å²) in [6.45, 7) is 2.06. The highest BCUT2D eigenvalue weighted by molar-refractivity contribution is 5.12. The Morgan fingerprint density at radius 1 is 1.90 bits per heavy atom. The summed E-state index contributed by atoms with van der Waals surface area (Å²) in [7, 11) is 0. The third kappa shape index (κ3) is 1.44. The SMILES string of the molecule is CC(O)Cn1ncnc1N. The van der Waals surface area contributed by atoms with Gasteiger partial charge >= 0.3 is 0 Å². The summed E-state index contributed by atoms with van der Waals surface area (Å²) in [4.78, 5) is 3.69. The largest absolute Gasteiger partial charge is 0.391 e. The highest BCUT2D eigenvalue weighted by Gasteiger charge is 2.01. The summed E-state index contributed by atoms with van der Waals surface area (Å²) >= 11 is 0. The fourth-order valence-electron chi connectivity index (χ4n) is 0.664. The van der Waals surface area contributed by atoms with Gasteiger partial charge in [-0.2, -0.15) is 5.10 Å². The smallest absolute Gasteiger partial charge is 0.218 e. The van der Waals surface area contributed by atoms with E-state index in [0.29, 0.717) is 12.5 Å². The van der Waals surface area contributed by atoms with E-state index in [1.54, 1.807) is 6.92 Å². The Morgan fingerprint density at radius 2 is 2.60 bits per heavy atom. The average Bonchev–Trinajstić information content (AvgIpc) is 2.15. The van der Waals surface area contributed by atoms with Crippen molar-refractivity contribution in [3.8, 4) is 0 Å². The molecular weight excluding hydrogens is 132 g/mol. The molecule has 10 heavy (non-hydrogen) atoms. The lowest BCUT2D eigenvalue weighted by Gasteiger charge is -2.03. The van der Waals surface area contributed by atoms with Crippen LogP contribution in [0.25, 0.3) is 0 Å². The van der Waals surface area contributed by atoms with Crippen molar-refractivity contribution in [3.05, 3.63) is 6.33 Å². The second kappa shape index (κ2) is 2.66. The van der Waals surface area contributed by atoms with Crippen molar-refractivity contribution in [1.29, 1.82) is 0 Å². The lowest BCUT2D eigenvalue weighted by molar-refractivity contribution is 0.169. The van der Waals surface area contributed by atoms with Crippen LogP contribution < -0.4 is 5.73 Å². The third-order valence-electron chi connectivity index (χ3n) is 1.08. The zero-order valence-corrected chi connectivity index (χ0v) is 5.73. The number of aromatic nitrogens is 3. The normalized spacial score (nSPS) is 13.4. The predicted octanol–water partition coefficient (Wildman–Crippen LogP) is -0.759. The van der Waals surface area contributed by atoms with Crippen LogP contribution in [-0.4, -0.2) is 26.0 Å². The Kier molecular flexibility index (Phi) is 1.86. The van der Waals surface area contributed by atoms with Gasteiger partial charge in [0.15, 0.2) is 0 Å². The molecule has 5 heteroatoms. The zero-order valence-electron chi connectivity index (χ0n) is 5.73. The molecule has 0 aromatic carbocycles. The van der Waals surface area contributed by atoms with Crippen LogP contribution in [0.15, 0.2) is 6.33 Å². The van der Waals surface area contributed by atoms with Gasteiger partial charge in [0.05, 0.1) is 12.6 Å². The molecule has 0 radical (unpaired) electrons. The maximum absolute atomic E-state index is 8.90. The molecule has 1 heterocycles. The van der Waals surface area contributed by atoms with Gasteiger partial charge in [-0.25, -0.2) is 9.67 Å². The van der Waals surface area contributed by atoms with Crippen LogP contribution >= 0.6 is 0 Å². The van der Waals surface area contributed by atoms with Gasteiger partial charge in [-0.05, 0) is 6.92 Å². The molecule has 0 amide bonds. The molecule has 56 valence electrons. The van der Waals surface area contributed by atoms with Gasteiger partial charge in [0.2, 0.25) is 5.95 Å². The lowest BCUT2D eigenvalue weighted by atomic mass is 10.4. The first-order valence-corrected chi connectivity index (χ1v) is 3.01. The second-order valence-electron chi connectivity index (χ2n) is 2.15. The number of nitrogen functional groups attached to an aromatic ring is 1. The molecule has 1 atom stereocenters. The Hall–Kier alpha value is -1.10. The number of aliphatic hydroxyl groups excluding tert-OH is 1. The fourth-order valence-corrected chi connectivity index (χ4v) is 0.664. The topological polar surface area (TPSA) is 77.0 Å². The third-order valence-corrected chi connectivity index (χ3v) is 1.08. The molecule has 0 saturated heterocycles. The summed E-state index contributed by atoms with van der Waals surface area (Å²) in [5.41, 5.74) is 5.37. The summed E-state index contributed by atoms with van der Waals surface area (Å²) in [5.74, 6) is 0.334. The maximum Gasteiger partial charge on any atom is 0.218 e. The van der Waals surface area contributed by atoms with Gasteiger partial charge in [-0.3, -0.25) is 0 Å². The molecule has 1 rings (SSSR count). The first-order chi connectivity index (χ1) is 4.70. The van der Waals surface area contributed by atoms with E-state index in [2.05, 4.69) is 10.1 Å². The minimum absolute atomic E-state index is 0.334. The number of aliphatic hydroxyl groups is 1. The minimum atomic E-state index is -0.441. The molecule has 0 aliphatic carbocycles. The van der Waals surface area contributed by atoms with Crippen LogP contribution in [0.1, 0.15) is 6.92 Å². The number of nitrogens with zero attached hydrogens (tertiary/aromatic N) is 3. The first-order valence-electron chi connectivity index (χ1n) is 3.01. The van der Waals surface area contributed by atoms with E-state index < -0.39 is 6.10 Å². The maximum atomic E-state index is 8.90. The molecule has 0 aliphatic heterocycles. The molecule has 0 spiro atoms. The molecular formula is C5H10N4O. The number of rotatable bonds is 2. The highest BCUT2D eigenvalue weighted by Crippen LogP contribution is 1.95. The van der Waals surface area contributed by atoms with Crippen LogP contribution in [-0.2, 0) is 6.54 Å². The van der Waals surface area contributed by atoms with Crippen molar-refractivity contribution < 1.29 is 5.11 Å². The summed E-state index contributed by atoms with van der Waals surface area (Å²) in [5, 5.41) is 12.7. The summed E-state index contributed by atoms with van der Waals surface area (Å²) in [6, 6.07) is 0. The van der Waals surface area contributed by atoms with E-state index in [4.69, 9.17) is 10.8 Å². The molecule has 3 N–H and O–H groups in total.